The fourth-order valence-electron chi connectivity index (χ4n) is 3.04. The van der Waals surface area contributed by atoms with E-state index < -0.39 is 40.4 Å². The van der Waals surface area contributed by atoms with Gasteiger partial charge in [-0.05, 0) is 30.7 Å². The lowest BCUT2D eigenvalue weighted by molar-refractivity contribution is -0.121. The van der Waals surface area contributed by atoms with E-state index in [1.165, 1.54) is 0 Å². The average Bonchev–Trinajstić information content (AvgIpc) is 2.81. The molecule has 0 aliphatic heterocycles. The Kier molecular flexibility index (Phi) is 9.92. The Morgan fingerprint density at radius 3 is 2.00 bits per heavy atom. The topological polar surface area (TPSA) is 126 Å². The minimum Gasteiger partial charge on any atom is -0.399 e. The molecule has 0 atom stereocenters. The Balaban J connectivity index is 1.59. The van der Waals surface area contributed by atoms with Gasteiger partial charge in [-0.25, -0.2) is 17.6 Å². The molecule has 0 aliphatic rings. The number of hydrogen-bond acceptors (Lipinski definition) is 6. The molecule has 0 aliphatic carbocycles. The first-order chi connectivity index (χ1) is 16.1. The molecule has 34 heavy (non-hydrogen) atoms. The van der Waals surface area contributed by atoms with Crippen molar-refractivity contribution in [2.24, 2.45) is 0 Å². The zero-order valence-corrected chi connectivity index (χ0v) is 18.7. The number of halogens is 4. The molecule has 2 rings (SSSR count). The maximum atomic E-state index is 13.8. The number of nitrogens with one attached hydrogen (secondary N) is 3. The Hall–Kier alpha value is -3.54. The van der Waals surface area contributed by atoms with Gasteiger partial charge >= 0.3 is 0 Å². The first-order valence-corrected chi connectivity index (χ1v) is 10.6. The van der Waals surface area contributed by atoms with Crippen LogP contribution >= 0.6 is 0 Å². The largest absolute Gasteiger partial charge is 0.399 e. The molecule has 0 spiro atoms. The van der Waals surface area contributed by atoms with Gasteiger partial charge in [-0.2, -0.15) is 0 Å². The number of rotatable bonds is 12. The molecule has 2 amide bonds. The molecule has 0 fully saturated rings. The molecule has 2 aromatic rings. The van der Waals surface area contributed by atoms with Crippen LogP contribution in [0.2, 0.25) is 0 Å². The average molecular weight is 484 g/mol. The van der Waals surface area contributed by atoms with Crippen molar-refractivity contribution in [1.29, 1.82) is 0 Å². The van der Waals surface area contributed by atoms with Crippen molar-refractivity contribution in [3.8, 4) is 0 Å². The number of nitrogens with zero attached hydrogens (tertiary/aromatic N) is 1. The van der Waals surface area contributed by atoms with Crippen LogP contribution in [0.5, 0.6) is 0 Å². The highest BCUT2D eigenvalue weighted by Gasteiger charge is 2.28. The van der Waals surface area contributed by atoms with E-state index in [-0.39, 0.29) is 19.0 Å². The zero-order valence-electron chi connectivity index (χ0n) is 18.7. The lowest BCUT2D eigenvalue weighted by atomic mass is 10.1. The Bertz CT molecular complexity index is 975. The molecule has 0 bridgehead atoms. The third-order valence-electron chi connectivity index (χ3n) is 4.97. The van der Waals surface area contributed by atoms with Crippen molar-refractivity contribution in [3.05, 3.63) is 53.1 Å². The van der Waals surface area contributed by atoms with E-state index in [9.17, 15) is 27.2 Å². The van der Waals surface area contributed by atoms with Gasteiger partial charge in [0.2, 0.25) is 5.91 Å². The number of carbonyl (C=O) groups excluding carboxylic acids is 2. The van der Waals surface area contributed by atoms with Crippen molar-refractivity contribution in [3.63, 3.8) is 0 Å². The third-order valence-corrected chi connectivity index (χ3v) is 4.97. The van der Waals surface area contributed by atoms with E-state index in [4.69, 9.17) is 11.5 Å². The highest BCUT2D eigenvalue weighted by atomic mass is 19.2. The molecular weight excluding hydrogens is 456 g/mol. The van der Waals surface area contributed by atoms with Crippen LogP contribution in [-0.4, -0.2) is 51.6 Å². The number of anilines is 3. The van der Waals surface area contributed by atoms with E-state index in [2.05, 4.69) is 16.0 Å². The molecule has 7 N–H and O–H groups in total. The maximum absolute atomic E-state index is 13.8. The molecule has 0 saturated heterocycles. The van der Waals surface area contributed by atoms with Gasteiger partial charge in [-0.15, -0.1) is 0 Å². The number of amides is 2. The third kappa shape index (κ3) is 7.24. The number of nitrogen functional groups attached to an aromatic ring is 2. The standard InChI is InChI=1S/C22H28F4N6O2/c1-32(14-6-4-13(27)5-7-14)12-2-3-15(33)30-10-8-29-9-11-31-22(34)16-17(23)19(25)21(28)20(26)18(16)24/h4-7,29H,2-3,8-12,27-28H2,1H3,(H,30,33)(H,31,34). The molecule has 8 nitrogen and oxygen atoms in total. The van der Waals surface area contributed by atoms with E-state index in [1.54, 1.807) is 0 Å². The molecule has 12 heteroatoms. The molecule has 0 radical (unpaired) electrons. The molecule has 0 saturated carbocycles. The van der Waals surface area contributed by atoms with Gasteiger partial charge in [-0.1, -0.05) is 0 Å². The second-order valence-corrected chi connectivity index (χ2v) is 7.52. The fraction of sp³-hybridized carbons (Fsp3) is 0.364. The molecule has 0 aromatic heterocycles. The second kappa shape index (κ2) is 12.6. The Labute approximate surface area is 194 Å². The van der Waals surface area contributed by atoms with Gasteiger partial charge in [0.15, 0.2) is 23.3 Å². The van der Waals surface area contributed by atoms with Crippen LogP contribution < -0.4 is 32.3 Å². The minimum atomic E-state index is -1.86. The summed E-state index contributed by atoms with van der Waals surface area (Å²) in [5.74, 6) is -8.79. The van der Waals surface area contributed by atoms with Crippen LogP contribution in [0.15, 0.2) is 24.3 Å². The van der Waals surface area contributed by atoms with Crippen molar-refractivity contribution in [1.82, 2.24) is 16.0 Å². The summed E-state index contributed by atoms with van der Waals surface area (Å²) in [6.07, 6.45) is 1.01. The van der Waals surface area contributed by atoms with Crippen LogP contribution in [0.4, 0.5) is 34.6 Å². The summed E-state index contributed by atoms with van der Waals surface area (Å²) < 4.78 is 54.4. The SMILES string of the molecule is CN(CCCC(=O)NCCNCCNC(=O)c1c(F)c(F)c(N)c(F)c1F)c1ccc(N)cc1. The van der Waals surface area contributed by atoms with Gasteiger partial charge in [0, 0.05) is 57.6 Å². The molecule has 2 aromatic carbocycles. The lowest BCUT2D eigenvalue weighted by Crippen LogP contribution is -2.37. The van der Waals surface area contributed by atoms with Crippen LogP contribution in [0.25, 0.3) is 0 Å². The highest BCUT2D eigenvalue weighted by Crippen LogP contribution is 2.25. The van der Waals surface area contributed by atoms with Crippen LogP contribution in [0.1, 0.15) is 23.2 Å². The number of carbonyl (C=O) groups is 2. The first kappa shape index (κ1) is 26.7. The quantitative estimate of drug-likeness (QED) is 0.135. The van der Waals surface area contributed by atoms with Crippen LogP contribution in [-0.2, 0) is 4.79 Å². The zero-order chi connectivity index (χ0) is 25.3. The number of nitrogens with two attached hydrogens (primary N) is 2. The van der Waals surface area contributed by atoms with Crippen LogP contribution in [0.3, 0.4) is 0 Å². The van der Waals surface area contributed by atoms with Crippen molar-refractivity contribution in [2.45, 2.75) is 12.8 Å². The summed E-state index contributed by atoms with van der Waals surface area (Å²) in [6.45, 7) is 1.52. The van der Waals surface area contributed by atoms with E-state index in [0.29, 0.717) is 38.2 Å². The summed E-state index contributed by atoms with van der Waals surface area (Å²) >= 11 is 0. The summed E-state index contributed by atoms with van der Waals surface area (Å²) in [6, 6.07) is 7.43. The molecule has 0 heterocycles. The Morgan fingerprint density at radius 1 is 0.853 bits per heavy atom. The van der Waals surface area contributed by atoms with Gasteiger partial charge < -0.3 is 32.3 Å². The highest BCUT2D eigenvalue weighted by molar-refractivity contribution is 5.95. The summed E-state index contributed by atoms with van der Waals surface area (Å²) in [5, 5.41) is 7.80. The van der Waals surface area contributed by atoms with E-state index in [0.717, 1.165) is 5.69 Å². The second-order valence-electron chi connectivity index (χ2n) is 7.52. The number of benzene rings is 2. The summed E-state index contributed by atoms with van der Waals surface area (Å²) in [7, 11) is 1.93. The van der Waals surface area contributed by atoms with Gasteiger partial charge in [0.05, 0.1) is 0 Å². The van der Waals surface area contributed by atoms with Crippen molar-refractivity contribution >= 4 is 28.9 Å². The maximum Gasteiger partial charge on any atom is 0.257 e. The monoisotopic (exact) mass is 484 g/mol. The summed E-state index contributed by atoms with van der Waals surface area (Å²) in [5.41, 5.74) is 9.55. The summed E-state index contributed by atoms with van der Waals surface area (Å²) in [4.78, 5) is 25.8. The lowest BCUT2D eigenvalue weighted by Gasteiger charge is -2.19. The van der Waals surface area contributed by atoms with Gasteiger partial charge in [0.25, 0.3) is 5.91 Å². The normalized spacial score (nSPS) is 10.7. The van der Waals surface area contributed by atoms with E-state index in [1.807, 2.05) is 36.2 Å². The predicted octanol–water partition coefficient (Wildman–Crippen LogP) is 1.76. The predicted molar refractivity (Wildman–Crippen MR) is 122 cm³/mol. The van der Waals surface area contributed by atoms with Crippen molar-refractivity contribution in [2.75, 3.05) is 56.1 Å². The molecular formula is C22H28F4N6O2. The smallest absolute Gasteiger partial charge is 0.257 e. The van der Waals surface area contributed by atoms with Crippen molar-refractivity contribution < 1.29 is 27.2 Å². The van der Waals surface area contributed by atoms with E-state index >= 15 is 0 Å². The first-order valence-electron chi connectivity index (χ1n) is 10.6. The fourth-order valence-corrected chi connectivity index (χ4v) is 3.04. The van der Waals surface area contributed by atoms with Gasteiger partial charge in [-0.3, -0.25) is 9.59 Å². The minimum absolute atomic E-state index is 0.0727. The Morgan fingerprint density at radius 2 is 1.41 bits per heavy atom. The van der Waals surface area contributed by atoms with Crippen LogP contribution in [0, 0.1) is 23.3 Å². The number of hydrogen-bond donors (Lipinski definition) is 5. The molecule has 0 unspecified atom stereocenters. The van der Waals surface area contributed by atoms with Gasteiger partial charge in [0.1, 0.15) is 11.3 Å². The molecule has 186 valence electrons.